The number of primary amides is 1. The topological polar surface area (TPSA) is 96.6 Å². The average Bonchev–Trinajstić information content (AvgIpc) is 3.01. The van der Waals surface area contributed by atoms with Crippen LogP contribution in [0.2, 0.25) is 0 Å². The van der Waals surface area contributed by atoms with E-state index >= 15 is 0 Å². The largest absolute Gasteiger partial charge is 0.351 e. The Morgan fingerprint density at radius 1 is 0.833 bits per heavy atom. The predicted molar refractivity (Wildman–Crippen MR) is 172 cm³/mol. The highest BCUT2D eigenvalue weighted by molar-refractivity contribution is 6.05. The number of amides is 4. The summed E-state index contributed by atoms with van der Waals surface area (Å²) < 4.78 is 0. The lowest BCUT2D eigenvalue weighted by Gasteiger charge is -2.30. The van der Waals surface area contributed by atoms with Crippen molar-refractivity contribution in [1.82, 2.24) is 9.88 Å². The van der Waals surface area contributed by atoms with Gasteiger partial charge < -0.3 is 10.6 Å². The van der Waals surface area contributed by atoms with Crippen LogP contribution in [0.1, 0.15) is 121 Å². The summed E-state index contributed by atoms with van der Waals surface area (Å²) in [6.07, 6.45) is 23.6. The molecule has 2 aromatic rings. The number of pyridine rings is 1. The minimum Gasteiger partial charge on any atom is -0.351 e. The molecular formula is C35H53N4O3. The number of hydrogen-bond donors (Lipinski definition) is 1. The van der Waals surface area contributed by atoms with Crippen molar-refractivity contribution in [2.45, 2.75) is 110 Å². The van der Waals surface area contributed by atoms with Gasteiger partial charge in [-0.2, -0.15) is 0 Å². The molecule has 0 fully saturated rings. The Hall–Kier alpha value is -3.22. The molecule has 2 N–H and O–H groups in total. The van der Waals surface area contributed by atoms with Gasteiger partial charge in [0, 0.05) is 31.2 Å². The molecule has 0 saturated heterocycles. The van der Waals surface area contributed by atoms with Crippen molar-refractivity contribution in [3.05, 3.63) is 60.4 Å². The number of rotatable bonds is 23. The first-order valence-electron chi connectivity index (χ1n) is 16.2. The average molecular weight is 578 g/mol. The molecule has 2 unspecified atom stereocenters. The first kappa shape index (κ1) is 35.0. The van der Waals surface area contributed by atoms with Crippen LogP contribution in [0.4, 0.5) is 10.5 Å². The van der Waals surface area contributed by atoms with E-state index in [4.69, 9.17) is 5.73 Å². The standard InChI is InChI=1S/C35H53N4O3/c1-3-4-5-6-7-8-9-10-11-12-13-14-16-20-31(30(2)28-38(29-40)35(36)42)24-26-39(33-22-17-15-18-23-33)34(41)32-21-19-25-37-27-32/h15,17-19,21-23,25,27,30-31H,3-14,16,20,24,26,28H2,1-2H3,(H2,36,42). The van der Waals surface area contributed by atoms with Crippen LogP contribution in [0.3, 0.4) is 0 Å². The normalized spacial score (nSPS) is 12.4. The second kappa shape index (κ2) is 21.5. The van der Waals surface area contributed by atoms with Gasteiger partial charge in [0.15, 0.2) is 0 Å². The summed E-state index contributed by atoms with van der Waals surface area (Å²) in [4.78, 5) is 43.4. The van der Waals surface area contributed by atoms with Crippen LogP contribution in [0.5, 0.6) is 0 Å². The number of nitrogens with zero attached hydrogens (tertiary/aromatic N) is 3. The predicted octanol–water partition coefficient (Wildman–Crippen LogP) is 8.30. The molecule has 2 rings (SSSR count). The zero-order valence-corrected chi connectivity index (χ0v) is 26.0. The molecular weight excluding hydrogens is 524 g/mol. The molecule has 0 aliphatic carbocycles. The van der Waals surface area contributed by atoms with Gasteiger partial charge in [-0.25, -0.2) is 4.79 Å². The summed E-state index contributed by atoms with van der Waals surface area (Å²) in [5, 5.41) is 0. The Morgan fingerprint density at radius 3 is 1.95 bits per heavy atom. The Labute approximate surface area is 254 Å². The Kier molecular flexibility index (Phi) is 17.9. The Morgan fingerprint density at radius 2 is 1.43 bits per heavy atom. The maximum atomic E-state index is 13.5. The third kappa shape index (κ3) is 13.6. The zero-order chi connectivity index (χ0) is 30.4. The Bertz CT molecular complexity index is 1000. The van der Waals surface area contributed by atoms with Crippen molar-refractivity contribution >= 4 is 24.0 Å². The van der Waals surface area contributed by atoms with Gasteiger partial charge in [-0.05, 0) is 42.5 Å². The van der Waals surface area contributed by atoms with E-state index in [1.165, 1.54) is 70.6 Å². The monoisotopic (exact) mass is 577 g/mol. The van der Waals surface area contributed by atoms with Crippen molar-refractivity contribution in [3.8, 4) is 0 Å². The molecule has 4 amide bonds. The minimum absolute atomic E-state index is 0.0300. The molecule has 1 aromatic heterocycles. The van der Waals surface area contributed by atoms with Gasteiger partial charge in [0.25, 0.3) is 5.91 Å². The van der Waals surface area contributed by atoms with E-state index in [-0.39, 0.29) is 24.3 Å². The first-order chi connectivity index (χ1) is 20.5. The zero-order valence-electron chi connectivity index (χ0n) is 26.0. The number of hydrogen-bond acceptors (Lipinski definition) is 4. The quantitative estimate of drug-likeness (QED) is 0.106. The number of imide groups is 1. The smallest absolute Gasteiger partial charge is 0.321 e. The third-order valence-electron chi connectivity index (χ3n) is 8.27. The van der Waals surface area contributed by atoms with E-state index in [9.17, 15) is 14.4 Å². The lowest BCUT2D eigenvalue weighted by Crippen LogP contribution is -2.40. The molecule has 0 bridgehead atoms. The molecule has 0 aliphatic heterocycles. The van der Waals surface area contributed by atoms with Crippen LogP contribution < -0.4 is 10.6 Å². The number of anilines is 1. The van der Waals surface area contributed by atoms with E-state index in [0.29, 0.717) is 12.1 Å². The van der Waals surface area contributed by atoms with Gasteiger partial charge in [0.1, 0.15) is 0 Å². The Balaban J connectivity index is 1.91. The van der Waals surface area contributed by atoms with Crippen molar-refractivity contribution in [3.63, 3.8) is 0 Å². The van der Waals surface area contributed by atoms with E-state index < -0.39 is 6.03 Å². The number of urea groups is 1. The number of para-hydroxylation sites is 1. The van der Waals surface area contributed by atoms with Gasteiger partial charge >= 0.3 is 12.4 Å². The number of unbranched alkanes of at least 4 members (excludes halogenated alkanes) is 12. The second-order valence-corrected chi connectivity index (χ2v) is 11.6. The molecule has 2 atom stereocenters. The second-order valence-electron chi connectivity index (χ2n) is 11.6. The van der Waals surface area contributed by atoms with Crippen LogP contribution in [-0.4, -0.2) is 41.3 Å². The molecule has 1 heterocycles. The van der Waals surface area contributed by atoms with Crippen LogP contribution in [0.25, 0.3) is 0 Å². The summed E-state index contributed by atoms with van der Waals surface area (Å²) >= 11 is 0. The number of carbonyl (C=O) groups is 2. The number of nitrogens with two attached hydrogens (primary N) is 1. The van der Waals surface area contributed by atoms with Crippen LogP contribution >= 0.6 is 0 Å². The molecule has 42 heavy (non-hydrogen) atoms. The van der Waals surface area contributed by atoms with Crippen molar-refractivity contribution in [1.29, 1.82) is 0 Å². The lowest BCUT2D eigenvalue weighted by molar-refractivity contribution is 0.0983. The van der Waals surface area contributed by atoms with Crippen molar-refractivity contribution in [2.24, 2.45) is 17.6 Å². The fourth-order valence-corrected chi connectivity index (χ4v) is 5.64. The van der Waals surface area contributed by atoms with E-state index in [1.54, 1.807) is 35.8 Å². The number of benzene rings is 1. The summed E-state index contributed by atoms with van der Waals surface area (Å²) in [6.45, 7) is 5.06. The molecule has 0 spiro atoms. The minimum atomic E-state index is -0.783. The summed E-state index contributed by atoms with van der Waals surface area (Å²) in [7, 11) is 0. The highest BCUT2D eigenvalue weighted by Crippen LogP contribution is 2.27. The maximum Gasteiger partial charge on any atom is 0.321 e. The third-order valence-corrected chi connectivity index (χ3v) is 8.27. The van der Waals surface area contributed by atoms with E-state index in [2.05, 4.69) is 18.8 Å². The summed E-state index contributed by atoms with van der Waals surface area (Å²) in [6, 6.07) is 12.4. The first-order valence-corrected chi connectivity index (χ1v) is 16.2. The molecule has 0 saturated carbocycles. The van der Waals surface area contributed by atoms with Crippen molar-refractivity contribution < 1.29 is 14.4 Å². The highest BCUT2D eigenvalue weighted by Gasteiger charge is 2.25. The molecule has 1 aromatic carbocycles. The van der Waals surface area contributed by atoms with Gasteiger partial charge in [-0.3, -0.25) is 19.5 Å². The molecule has 231 valence electrons. The maximum absolute atomic E-state index is 13.5. The van der Waals surface area contributed by atoms with Gasteiger partial charge in [0.2, 0.25) is 0 Å². The van der Waals surface area contributed by atoms with E-state index in [1.807, 2.05) is 30.3 Å². The van der Waals surface area contributed by atoms with Crippen LogP contribution in [0.15, 0.2) is 54.9 Å². The van der Waals surface area contributed by atoms with Gasteiger partial charge in [-0.15, -0.1) is 0 Å². The summed E-state index contributed by atoms with van der Waals surface area (Å²) in [5.41, 5.74) is 6.76. The summed E-state index contributed by atoms with van der Waals surface area (Å²) in [5.74, 6) is 0.143. The van der Waals surface area contributed by atoms with Crippen LogP contribution in [-0.2, 0) is 4.79 Å². The molecule has 7 nitrogen and oxygen atoms in total. The van der Waals surface area contributed by atoms with Crippen molar-refractivity contribution in [2.75, 3.05) is 18.0 Å². The number of carbonyl (C=O) groups excluding carboxylic acids is 3. The lowest BCUT2D eigenvalue weighted by atomic mass is 9.85. The van der Waals surface area contributed by atoms with Crippen LogP contribution in [0, 0.1) is 11.8 Å². The fourth-order valence-electron chi connectivity index (χ4n) is 5.64. The fraction of sp³-hybridized carbons (Fsp3) is 0.600. The van der Waals surface area contributed by atoms with Gasteiger partial charge in [0.05, 0.1) is 5.56 Å². The SMILES string of the molecule is CCCCCCCCCCCCCCCC(CCN(C(=O)c1cccnc1)c1ccccc1)C(C)CN([C]=O)C(N)=O. The number of aromatic nitrogens is 1. The van der Waals surface area contributed by atoms with Gasteiger partial charge in [-0.1, -0.05) is 122 Å². The molecule has 1 radical (unpaired) electrons. The molecule has 7 heteroatoms. The highest BCUT2D eigenvalue weighted by atomic mass is 16.2. The van der Waals surface area contributed by atoms with E-state index in [0.717, 1.165) is 36.3 Å². The molecule has 0 aliphatic rings.